The minimum absolute atomic E-state index is 0.656. The maximum absolute atomic E-state index is 6.29. The Kier molecular flexibility index (Phi) is 2.53. The van der Waals surface area contributed by atoms with Crippen LogP contribution in [0.15, 0.2) is 0 Å². The fourth-order valence-electron chi connectivity index (χ4n) is 3.86. The van der Waals surface area contributed by atoms with Crippen LogP contribution in [0.25, 0.3) is 0 Å². The summed E-state index contributed by atoms with van der Waals surface area (Å²) in [7, 11) is 0. The summed E-state index contributed by atoms with van der Waals surface area (Å²) in [5.74, 6) is 1.87. The lowest BCUT2D eigenvalue weighted by atomic mass is 9.72. The number of hydrogen-bond acceptors (Lipinski definition) is 1. The second-order valence-corrected chi connectivity index (χ2v) is 5.54. The van der Waals surface area contributed by atoms with E-state index in [2.05, 4.69) is 0 Å². The SMILES string of the molecule is C1CC[C@@H]2O[C@@H]3CCCC[C@@H]3C[C@@H]2C1. The summed E-state index contributed by atoms with van der Waals surface area (Å²) >= 11 is 0. The van der Waals surface area contributed by atoms with E-state index < -0.39 is 0 Å². The normalized spacial score (nSPS) is 48.0. The molecule has 1 aliphatic heterocycles. The third-order valence-corrected chi connectivity index (χ3v) is 4.63. The summed E-state index contributed by atoms with van der Waals surface area (Å²) < 4.78 is 6.29. The van der Waals surface area contributed by atoms with Gasteiger partial charge in [0.2, 0.25) is 0 Å². The van der Waals surface area contributed by atoms with Crippen molar-refractivity contribution in [2.24, 2.45) is 11.8 Å². The minimum Gasteiger partial charge on any atom is -0.374 e. The molecule has 0 N–H and O–H groups in total. The van der Waals surface area contributed by atoms with Crippen molar-refractivity contribution in [2.75, 3.05) is 0 Å². The lowest BCUT2D eigenvalue weighted by molar-refractivity contribution is -0.140. The molecule has 3 rings (SSSR count). The van der Waals surface area contributed by atoms with Gasteiger partial charge in [-0.25, -0.2) is 0 Å². The molecule has 0 unspecified atom stereocenters. The van der Waals surface area contributed by atoms with Gasteiger partial charge in [0, 0.05) is 0 Å². The maximum atomic E-state index is 6.29. The Labute approximate surface area is 87.2 Å². The van der Waals surface area contributed by atoms with Crippen molar-refractivity contribution in [2.45, 2.75) is 70.0 Å². The molecule has 1 heterocycles. The first-order valence-electron chi connectivity index (χ1n) is 6.59. The van der Waals surface area contributed by atoms with Crippen LogP contribution in [0.5, 0.6) is 0 Å². The van der Waals surface area contributed by atoms with E-state index >= 15 is 0 Å². The van der Waals surface area contributed by atoms with Crippen molar-refractivity contribution in [1.82, 2.24) is 0 Å². The highest BCUT2D eigenvalue weighted by Crippen LogP contribution is 2.43. The Morgan fingerprint density at radius 1 is 0.643 bits per heavy atom. The molecule has 3 aliphatic rings. The number of ether oxygens (including phenoxy) is 1. The second-order valence-electron chi connectivity index (χ2n) is 5.54. The van der Waals surface area contributed by atoms with Gasteiger partial charge in [-0.2, -0.15) is 0 Å². The highest BCUT2D eigenvalue weighted by atomic mass is 16.5. The van der Waals surface area contributed by atoms with Crippen LogP contribution in [0.4, 0.5) is 0 Å². The van der Waals surface area contributed by atoms with Crippen molar-refractivity contribution in [3.63, 3.8) is 0 Å². The van der Waals surface area contributed by atoms with Crippen molar-refractivity contribution in [3.8, 4) is 0 Å². The van der Waals surface area contributed by atoms with Crippen LogP contribution in [0.1, 0.15) is 57.8 Å². The molecule has 0 spiro atoms. The van der Waals surface area contributed by atoms with Gasteiger partial charge in [-0.05, 0) is 43.9 Å². The van der Waals surface area contributed by atoms with E-state index in [0.717, 1.165) is 11.8 Å². The lowest BCUT2D eigenvalue weighted by Crippen LogP contribution is -2.43. The van der Waals surface area contributed by atoms with Gasteiger partial charge < -0.3 is 4.74 Å². The van der Waals surface area contributed by atoms with Crippen molar-refractivity contribution < 1.29 is 4.74 Å². The molecule has 3 fully saturated rings. The van der Waals surface area contributed by atoms with Crippen molar-refractivity contribution >= 4 is 0 Å². The molecular formula is C13H22O. The smallest absolute Gasteiger partial charge is 0.0607 e. The zero-order valence-corrected chi connectivity index (χ0v) is 9.08. The van der Waals surface area contributed by atoms with E-state index in [1.807, 2.05) is 0 Å². The Balaban J connectivity index is 1.68. The van der Waals surface area contributed by atoms with E-state index in [-0.39, 0.29) is 0 Å². The zero-order valence-electron chi connectivity index (χ0n) is 9.08. The van der Waals surface area contributed by atoms with Gasteiger partial charge >= 0.3 is 0 Å². The minimum atomic E-state index is 0.656. The summed E-state index contributed by atoms with van der Waals surface area (Å²) in [5.41, 5.74) is 0. The molecule has 0 radical (unpaired) electrons. The maximum Gasteiger partial charge on any atom is 0.0607 e. The first-order chi connectivity index (χ1) is 6.93. The quantitative estimate of drug-likeness (QED) is 0.573. The van der Waals surface area contributed by atoms with E-state index in [9.17, 15) is 0 Å². The molecule has 0 aromatic rings. The van der Waals surface area contributed by atoms with Crippen molar-refractivity contribution in [3.05, 3.63) is 0 Å². The number of hydrogen-bond donors (Lipinski definition) is 0. The molecule has 1 nitrogen and oxygen atoms in total. The lowest BCUT2D eigenvalue weighted by Gasteiger charge is -2.46. The van der Waals surface area contributed by atoms with Gasteiger partial charge in [0.15, 0.2) is 0 Å². The first-order valence-corrected chi connectivity index (χ1v) is 6.59. The molecule has 0 bridgehead atoms. The molecule has 0 aromatic heterocycles. The van der Waals surface area contributed by atoms with Gasteiger partial charge in [-0.3, -0.25) is 0 Å². The van der Waals surface area contributed by atoms with Crippen LogP contribution in [0.2, 0.25) is 0 Å². The van der Waals surface area contributed by atoms with Crippen LogP contribution in [0.3, 0.4) is 0 Å². The summed E-state index contributed by atoms with van der Waals surface area (Å²) in [6, 6.07) is 0. The van der Waals surface area contributed by atoms with Crippen LogP contribution < -0.4 is 0 Å². The fourth-order valence-corrected chi connectivity index (χ4v) is 3.86. The predicted octanol–water partition coefficient (Wildman–Crippen LogP) is 3.52. The molecule has 1 saturated heterocycles. The Bertz CT molecular complexity index is 159. The summed E-state index contributed by atoms with van der Waals surface area (Å²) in [6.45, 7) is 0. The molecular weight excluding hydrogens is 172 g/mol. The first kappa shape index (κ1) is 9.21. The third-order valence-electron chi connectivity index (χ3n) is 4.63. The highest BCUT2D eigenvalue weighted by molar-refractivity contribution is 4.88. The summed E-state index contributed by atoms with van der Waals surface area (Å²) in [6.07, 6.45) is 14.2. The highest BCUT2D eigenvalue weighted by Gasteiger charge is 2.39. The summed E-state index contributed by atoms with van der Waals surface area (Å²) in [4.78, 5) is 0. The molecule has 14 heavy (non-hydrogen) atoms. The average Bonchev–Trinajstić information content (AvgIpc) is 2.26. The van der Waals surface area contributed by atoms with Crippen LogP contribution in [0, 0.1) is 11.8 Å². The van der Waals surface area contributed by atoms with Crippen LogP contribution >= 0.6 is 0 Å². The zero-order chi connectivity index (χ0) is 9.38. The van der Waals surface area contributed by atoms with Crippen LogP contribution in [-0.2, 0) is 4.74 Å². The molecule has 4 atom stereocenters. The van der Waals surface area contributed by atoms with E-state index in [1.54, 1.807) is 0 Å². The van der Waals surface area contributed by atoms with Gasteiger partial charge in [0.25, 0.3) is 0 Å². The molecule has 2 aliphatic carbocycles. The van der Waals surface area contributed by atoms with E-state index in [1.165, 1.54) is 57.8 Å². The Morgan fingerprint density at radius 2 is 1.14 bits per heavy atom. The Morgan fingerprint density at radius 3 is 1.71 bits per heavy atom. The fraction of sp³-hybridized carbons (Fsp3) is 1.00. The average molecular weight is 194 g/mol. The third kappa shape index (κ3) is 1.60. The molecule has 2 saturated carbocycles. The van der Waals surface area contributed by atoms with Gasteiger partial charge in [-0.15, -0.1) is 0 Å². The van der Waals surface area contributed by atoms with Gasteiger partial charge in [0.05, 0.1) is 12.2 Å². The summed E-state index contributed by atoms with van der Waals surface area (Å²) in [5, 5.41) is 0. The van der Waals surface area contributed by atoms with E-state index in [0.29, 0.717) is 12.2 Å². The van der Waals surface area contributed by atoms with Gasteiger partial charge in [0.1, 0.15) is 0 Å². The predicted molar refractivity (Wildman–Crippen MR) is 57.2 cm³/mol. The molecule has 1 heteroatoms. The molecule has 0 aromatic carbocycles. The monoisotopic (exact) mass is 194 g/mol. The van der Waals surface area contributed by atoms with E-state index in [4.69, 9.17) is 4.74 Å². The largest absolute Gasteiger partial charge is 0.374 e. The number of rotatable bonds is 0. The standard InChI is InChI=1S/C13H22O/c1-3-7-12-10(5-1)9-11-6-2-4-8-13(11)14-12/h10-13H,1-9H2/t10-,11+,12-,13+. The Hall–Kier alpha value is -0.0400. The molecule has 80 valence electrons. The molecule has 0 amide bonds. The van der Waals surface area contributed by atoms with Crippen LogP contribution in [-0.4, -0.2) is 12.2 Å². The second kappa shape index (κ2) is 3.84. The number of fused-ring (bicyclic) bond motifs is 2. The van der Waals surface area contributed by atoms with Gasteiger partial charge in [-0.1, -0.05) is 25.7 Å². The topological polar surface area (TPSA) is 9.23 Å². The van der Waals surface area contributed by atoms with Crippen molar-refractivity contribution in [1.29, 1.82) is 0 Å².